The molecular formula is C9H9N3O5S. The first kappa shape index (κ1) is 12.3. The number of aromatic amines is 1. The molecule has 0 bridgehead atoms. The minimum atomic E-state index is -3.96. The van der Waals surface area contributed by atoms with Gasteiger partial charge in [-0.2, -0.15) is 5.10 Å². The van der Waals surface area contributed by atoms with Gasteiger partial charge in [-0.05, 0) is 6.07 Å². The summed E-state index contributed by atoms with van der Waals surface area (Å²) in [5.74, 6) is -1.37. The predicted octanol–water partition coefficient (Wildman–Crippen LogP) is 0.179. The summed E-state index contributed by atoms with van der Waals surface area (Å²) in [4.78, 5) is 10.8. The van der Waals surface area contributed by atoms with E-state index in [4.69, 9.17) is 9.52 Å². The van der Waals surface area contributed by atoms with Crippen LogP contribution in [-0.2, 0) is 16.6 Å². The van der Waals surface area contributed by atoms with Crippen LogP contribution in [-0.4, -0.2) is 29.7 Å². The first-order valence-electron chi connectivity index (χ1n) is 4.78. The van der Waals surface area contributed by atoms with Crippen LogP contribution < -0.4 is 4.72 Å². The lowest BCUT2D eigenvalue weighted by molar-refractivity contribution is 0.0692. The molecule has 96 valence electrons. The summed E-state index contributed by atoms with van der Waals surface area (Å²) in [5, 5.41) is 13.9. The van der Waals surface area contributed by atoms with E-state index in [-0.39, 0.29) is 6.54 Å². The Labute approximate surface area is 102 Å². The second kappa shape index (κ2) is 4.63. The zero-order valence-corrected chi connectivity index (χ0v) is 9.77. The van der Waals surface area contributed by atoms with Crippen molar-refractivity contribution in [2.45, 2.75) is 11.6 Å². The summed E-state index contributed by atoms with van der Waals surface area (Å²) < 4.78 is 30.7. The van der Waals surface area contributed by atoms with E-state index in [1.165, 1.54) is 12.5 Å². The molecule has 0 aromatic carbocycles. The highest BCUT2D eigenvalue weighted by Gasteiger charge is 2.24. The van der Waals surface area contributed by atoms with Gasteiger partial charge in [0.1, 0.15) is 5.56 Å². The van der Waals surface area contributed by atoms with Gasteiger partial charge in [0.05, 0.1) is 18.7 Å². The molecule has 2 heterocycles. The Kier molecular flexibility index (Phi) is 3.17. The molecule has 2 aromatic rings. The smallest absolute Gasteiger partial charge is 0.340 e. The molecule has 0 aliphatic rings. The molecule has 2 rings (SSSR count). The molecule has 0 unspecified atom stereocenters. The van der Waals surface area contributed by atoms with Crippen LogP contribution in [0.15, 0.2) is 34.2 Å². The average molecular weight is 271 g/mol. The molecule has 2 aromatic heterocycles. The topological polar surface area (TPSA) is 125 Å². The molecule has 0 saturated carbocycles. The fourth-order valence-electron chi connectivity index (χ4n) is 1.28. The Balaban J connectivity index is 2.20. The van der Waals surface area contributed by atoms with E-state index in [1.54, 1.807) is 6.07 Å². The standard InChI is InChI=1S/C9H9N3O5S/c13-9(14)7-4-10-12-8(7)18(15,16)11-3-6-1-2-17-5-6/h1-2,4-5,11H,3H2,(H,10,12)(H,13,14). The lowest BCUT2D eigenvalue weighted by Gasteiger charge is -2.03. The van der Waals surface area contributed by atoms with Crippen molar-refractivity contribution in [1.29, 1.82) is 0 Å². The number of hydrogen-bond donors (Lipinski definition) is 3. The Morgan fingerprint density at radius 3 is 2.94 bits per heavy atom. The van der Waals surface area contributed by atoms with Gasteiger partial charge in [0.15, 0.2) is 5.03 Å². The largest absolute Gasteiger partial charge is 0.478 e. The molecular weight excluding hydrogens is 262 g/mol. The number of carboxylic acid groups (broad SMARTS) is 1. The fraction of sp³-hybridized carbons (Fsp3) is 0.111. The Bertz CT molecular complexity index is 644. The maximum atomic E-state index is 11.8. The normalized spacial score (nSPS) is 11.6. The Morgan fingerprint density at radius 1 is 1.56 bits per heavy atom. The van der Waals surface area contributed by atoms with Gasteiger partial charge in [-0.15, -0.1) is 0 Å². The van der Waals surface area contributed by atoms with Crippen LogP contribution in [0.2, 0.25) is 0 Å². The van der Waals surface area contributed by atoms with Crippen LogP contribution in [0, 0.1) is 0 Å². The molecule has 0 aliphatic carbocycles. The monoisotopic (exact) mass is 271 g/mol. The van der Waals surface area contributed by atoms with Gasteiger partial charge >= 0.3 is 5.97 Å². The van der Waals surface area contributed by atoms with Crippen molar-refractivity contribution in [2.75, 3.05) is 0 Å². The van der Waals surface area contributed by atoms with E-state index < -0.39 is 26.6 Å². The van der Waals surface area contributed by atoms with Crippen molar-refractivity contribution in [1.82, 2.24) is 14.9 Å². The lowest BCUT2D eigenvalue weighted by Crippen LogP contribution is -2.25. The number of carboxylic acids is 1. The molecule has 0 atom stereocenters. The van der Waals surface area contributed by atoms with Gasteiger partial charge in [-0.25, -0.2) is 17.9 Å². The van der Waals surface area contributed by atoms with E-state index in [0.29, 0.717) is 5.56 Å². The number of nitrogens with zero attached hydrogens (tertiary/aromatic N) is 1. The lowest BCUT2D eigenvalue weighted by atomic mass is 10.4. The van der Waals surface area contributed by atoms with Crippen LogP contribution in [0.4, 0.5) is 0 Å². The van der Waals surface area contributed by atoms with E-state index >= 15 is 0 Å². The highest BCUT2D eigenvalue weighted by molar-refractivity contribution is 7.89. The third-order valence-corrected chi connectivity index (χ3v) is 3.52. The number of aromatic nitrogens is 2. The van der Waals surface area contributed by atoms with Gasteiger partial charge in [-0.1, -0.05) is 0 Å². The van der Waals surface area contributed by atoms with Crippen LogP contribution in [0.5, 0.6) is 0 Å². The molecule has 8 nitrogen and oxygen atoms in total. The summed E-state index contributed by atoms with van der Waals surface area (Å²) in [6.45, 7) is -0.00306. The van der Waals surface area contributed by atoms with E-state index in [9.17, 15) is 13.2 Å². The number of aromatic carboxylic acids is 1. The van der Waals surface area contributed by atoms with Gasteiger partial charge < -0.3 is 9.52 Å². The number of nitrogens with one attached hydrogen (secondary N) is 2. The van der Waals surface area contributed by atoms with Gasteiger partial charge in [0, 0.05) is 12.1 Å². The van der Waals surface area contributed by atoms with Crippen molar-refractivity contribution >= 4 is 16.0 Å². The van der Waals surface area contributed by atoms with Crippen molar-refractivity contribution in [2.24, 2.45) is 0 Å². The average Bonchev–Trinajstić information content (AvgIpc) is 2.98. The molecule has 0 radical (unpaired) electrons. The summed E-state index contributed by atoms with van der Waals surface area (Å²) in [6.07, 6.45) is 3.73. The summed E-state index contributed by atoms with van der Waals surface area (Å²) in [6, 6.07) is 1.59. The zero-order valence-electron chi connectivity index (χ0n) is 8.95. The zero-order chi connectivity index (χ0) is 13.2. The number of H-pyrrole nitrogens is 1. The van der Waals surface area contributed by atoms with E-state index in [0.717, 1.165) is 6.20 Å². The molecule has 0 aliphatic heterocycles. The minimum Gasteiger partial charge on any atom is -0.478 e. The molecule has 0 saturated heterocycles. The van der Waals surface area contributed by atoms with Crippen molar-refractivity contribution < 1.29 is 22.7 Å². The van der Waals surface area contributed by atoms with Crippen molar-refractivity contribution in [3.63, 3.8) is 0 Å². The fourth-order valence-corrected chi connectivity index (χ4v) is 2.38. The van der Waals surface area contributed by atoms with Crippen LogP contribution in [0.1, 0.15) is 15.9 Å². The summed E-state index contributed by atoms with van der Waals surface area (Å²) >= 11 is 0. The van der Waals surface area contributed by atoms with Crippen molar-refractivity contribution in [3.8, 4) is 0 Å². The van der Waals surface area contributed by atoms with E-state index in [2.05, 4.69) is 14.9 Å². The van der Waals surface area contributed by atoms with Gasteiger partial charge in [0.2, 0.25) is 0 Å². The molecule has 18 heavy (non-hydrogen) atoms. The Hall–Kier alpha value is -2.13. The van der Waals surface area contributed by atoms with Crippen molar-refractivity contribution in [3.05, 3.63) is 35.9 Å². The SMILES string of the molecule is O=C(O)c1cn[nH]c1S(=O)(=O)NCc1ccoc1. The first-order valence-corrected chi connectivity index (χ1v) is 6.26. The minimum absolute atomic E-state index is 0.00306. The second-order valence-corrected chi connectivity index (χ2v) is 5.08. The molecule has 3 N–H and O–H groups in total. The van der Waals surface area contributed by atoms with Crippen LogP contribution in [0.3, 0.4) is 0 Å². The highest BCUT2D eigenvalue weighted by atomic mass is 32.2. The molecule has 0 spiro atoms. The molecule has 0 amide bonds. The number of carbonyl (C=O) groups is 1. The third-order valence-electron chi connectivity index (χ3n) is 2.15. The number of sulfonamides is 1. The highest BCUT2D eigenvalue weighted by Crippen LogP contribution is 2.12. The Morgan fingerprint density at radius 2 is 2.33 bits per heavy atom. The number of hydrogen-bond acceptors (Lipinski definition) is 5. The summed E-state index contributed by atoms with van der Waals surface area (Å²) in [5.41, 5.74) is 0.213. The summed E-state index contributed by atoms with van der Waals surface area (Å²) in [7, 11) is -3.96. The number of rotatable bonds is 5. The van der Waals surface area contributed by atoms with Crippen LogP contribution >= 0.6 is 0 Å². The molecule has 9 heteroatoms. The predicted molar refractivity (Wildman–Crippen MR) is 58.3 cm³/mol. The first-order chi connectivity index (χ1) is 8.50. The second-order valence-electron chi connectivity index (χ2n) is 3.37. The maximum absolute atomic E-state index is 11.8. The van der Waals surface area contributed by atoms with Gasteiger partial charge in [0.25, 0.3) is 10.0 Å². The van der Waals surface area contributed by atoms with E-state index in [1.807, 2.05) is 0 Å². The molecule has 0 fully saturated rings. The van der Waals surface area contributed by atoms with Gasteiger partial charge in [-0.3, -0.25) is 5.10 Å². The number of furan rings is 1. The van der Waals surface area contributed by atoms with Crippen LogP contribution in [0.25, 0.3) is 0 Å². The quantitative estimate of drug-likeness (QED) is 0.712. The third kappa shape index (κ3) is 2.41. The maximum Gasteiger partial charge on any atom is 0.340 e.